The molecule has 0 radical (unpaired) electrons. The van der Waals surface area contributed by atoms with Crippen LogP contribution in [-0.2, 0) is 29.7 Å². The van der Waals surface area contributed by atoms with Crippen molar-refractivity contribution < 1.29 is 12.8 Å². The second kappa shape index (κ2) is 9.13. The van der Waals surface area contributed by atoms with Crippen molar-refractivity contribution >= 4 is 37.0 Å². The average Bonchev–Trinajstić information content (AvgIpc) is 3.01. The number of benzene rings is 2. The number of aromatic nitrogens is 2. The van der Waals surface area contributed by atoms with Gasteiger partial charge >= 0.3 is 0 Å². The van der Waals surface area contributed by atoms with Crippen molar-refractivity contribution in [2.75, 3.05) is 21.1 Å². The van der Waals surface area contributed by atoms with Crippen LogP contribution >= 0.6 is 15.9 Å². The zero-order valence-electron chi connectivity index (χ0n) is 17.6. The third-order valence-corrected chi connectivity index (χ3v) is 7.19. The molecule has 0 amide bonds. The van der Waals surface area contributed by atoms with E-state index < -0.39 is 10.0 Å². The molecule has 1 aromatic heterocycles. The van der Waals surface area contributed by atoms with Gasteiger partial charge in [-0.3, -0.25) is 4.90 Å². The molecule has 0 aliphatic rings. The lowest BCUT2D eigenvalue weighted by Gasteiger charge is -2.18. The second-order valence-corrected chi connectivity index (χ2v) is 10.6. The molecule has 0 saturated heterocycles. The summed E-state index contributed by atoms with van der Waals surface area (Å²) in [5.41, 5.74) is 2.14. The lowest BCUT2D eigenvalue weighted by atomic mass is 10.2. The molecular weight excluding hydrogens is 471 g/mol. The number of imidazole rings is 1. The molecule has 30 heavy (non-hydrogen) atoms. The van der Waals surface area contributed by atoms with Crippen molar-refractivity contribution in [3.05, 3.63) is 58.1 Å². The molecule has 0 bridgehead atoms. The molecule has 0 saturated carbocycles. The number of nitrogens with zero attached hydrogens (tertiary/aromatic N) is 4. The second-order valence-electron chi connectivity index (χ2n) is 7.53. The molecule has 0 unspecified atom stereocenters. The van der Waals surface area contributed by atoms with E-state index in [1.54, 1.807) is 24.3 Å². The van der Waals surface area contributed by atoms with Gasteiger partial charge in [-0.05, 0) is 49.9 Å². The molecule has 162 valence electrons. The Hall–Kier alpha value is -1.81. The Morgan fingerprint density at radius 2 is 1.83 bits per heavy atom. The highest BCUT2D eigenvalue weighted by Crippen LogP contribution is 2.24. The first-order chi connectivity index (χ1) is 14.1. The van der Waals surface area contributed by atoms with Crippen LogP contribution in [-0.4, -0.2) is 48.3 Å². The maximum atomic E-state index is 14.1. The van der Waals surface area contributed by atoms with Gasteiger partial charge in [0.2, 0.25) is 10.0 Å². The highest BCUT2D eigenvalue weighted by atomic mass is 79.9. The highest BCUT2D eigenvalue weighted by Gasteiger charge is 2.20. The predicted octanol–water partition coefficient (Wildman–Crippen LogP) is 4.23. The average molecular weight is 497 g/mol. The van der Waals surface area contributed by atoms with Crippen LogP contribution in [0, 0.1) is 5.82 Å². The molecule has 3 rings (SSSR count). The largest absolute Gasteiger partial charge is 0.327 e. The van der Waals surface area contributed by atoms with E-state index in [0.29, 0.717) is 24.2 Å². The standard InChI is InChI=1S/C21H26BrFN4O2S/c1-5-10-27-20-9-7-17(30(28,29)25(2)3)12-19(20)24-21(27)14-26(4)13-15-11-16(22)6-8-18(15)23/h6-9,11-12H,5,10,13-14H2,1-4H3. The van der Waals surface area contributed by atoms with Crippen LogP contribution in [0.2, 0.25) is 0 Å². The Kier molecular flexibility index (Phi) is 6.96. The van der Waals surface area contributed by atoms with Gasteiger partial charge < -0.3 is 4.57 Å². The van der Waals surface area contributed by atoms with E-state index in [1.807, 2.05) is 18.0 Å². The third kappa shape index (κ3) is 4.74. The first-order valence-corrected chi connectivity index (χ1v) is 11.9. The van der Waals surface area contributed by atoms with Crippen LogP contribution in [0.4, 0.5) is 4.39 Å². The predicted molar refractivity (Wildman–Crippen MR) is 120 cm³/mol. The minimum Gasteiger partial charge on any atom is -0.327 e. The van der Waals surface area contributed by atoms with Gasteiger partial charge in [0.25, 0.3) is 0 Å². The van der Waals surface area contributed by atoms with E-state index in [9.17, 15) is 12.8 Å². The number of rotatable bonds is 8. The fourth-order valence-electron chi connectivity index (χ4n) is 3.38. The minimum atomic E-state index is -3.53. The van der Waals surface area contributed by atoms with Gasteiger partial charge in [0.05, 0.1) is 22.5 Å². The normalized spacial score (nSPS) is 12.4. The molecule has 0 aliphatic carbocycles. The van der Waals surface area contributed by atoms with E-state index in [-0.39, 0.29) is 10.7 Å². The molecule has 0 spiro atoms. The Labute approximate surface area is 185 Å². The minimum absolute atomic E-state index is 0.220. The van der Waals surface area contributed by atoms with Crippen LogP contribution in [0.5, 0.6) is 0 Å². The molecule has 0 fully saturated rings. The molecule has 9 heteroatoms. The molecule has 0 N–H and O–H groups in total. The quantitative estimate of drug-likeness (QED) is 0.468. The third-order valence-electron chi connectivity index (χ3n) is 4.88. The van der Waals surface area contributed by atoms with Crippen molar-refractivity contribution in [2.24, 2.45) is 0 Å². The fraction of sp³-hybridized carbons (Fsp3) is 0.381. The summed E-state index contributed by atoms with van der Waals surface area (Å²) < 4.78 is 43.2. The monoisotopic (exact) mass is 496 g/mol. The smallest absolute Gasteiger partial charge is 0.242 e. The molecule has 6 nitrogen and oxygen atoms in total. The van der Waals surface area contributed by atoms with E-state index >= 15 is 0 Å². The number of fused-ring (bicyclic) bond motifs is 1. The summed E-state index contributed by atoms with van der Waals surface area (Å²) in [6.07, 6.45) is 0.917. The zero-order chi connectivity index (χ0) is 22.1. The Morgan fingerprint density at radius 3 is 2.50 bits per heavy atom. The zero-order valence-corrected chi connectivity index (χ0v) is 20.0. The first-order valence-electron chi connectivity index (χ1n) is 9.67. The lowest BCUT2D eigenvalue weighted by Crippen LogP contribution is -2.22. The van der Waals surface area contributed by atoms with Crippen molar-refractivity contribution in [2.45, 2.75) is 37.9 Å². The summed E-state index contributed by atoms with van der Waals surface area (Å²) in [7, 11) is 1.41. The summed E-state index contributed by atoms with van der Waals surface area (Å²) in [4.78, 5) is 6.94. The van der Waals surface area contributed by atoms with Crippen LogP contribution in [0.25, 0.3) is 11.0 Å². The van der Waals surface area contributed by atoms with Crippen molar-refractivity contribution in [1.29, 1.82) is 0 Å². The molecule has 3 aromatic rings. The number of halogens is 2. The maximum Gasteiger partial charge on any atom is 0.242 e. The first kappa shape index (κ1) is 22.9. The van der Waals surface area contributed by atoms with Gasteiger partial charge in [-0.15, -0.1) is 0 Å². The lowest BCUT2D eigenvalue weighted by molar-refractivity contribution is 0.300. The van der Waals surface area contributed by atoms with Gasteiger partial charge in [0, 0.05) is 37.2 Å². The maximum absolute atomic E-state index is 14.1. The Balaban J connectivity index is 1.94. The topological polar surface area (TPSA) is 58.4 Å². The number of hydrogen-bond acceptors (Lipinski definition) is 4. The van der Waals surface area contributed by atoms with Crippen LogP contribution in [0.15, 0.2) is 45.8 Å². The molecule has 0 atom stereocenters. The Morgan fingerprint density at radius 1 is 1.10 bits per heavy atom. The van der Waals surface area contributed by atoms with E-state index in [0.717, 1.165) is 28.8 Å². The van der Waals surface area contributed by atoms with E-state index in [2.05, 4.69) is 27.4 Å². The summed E-state index contributed by atoms with van der Waals surface area (Å²) >= 11 is 3.39. The summed E-state index contributed by atoms with van der Waals surface area (Å²) in [6.45, 7) is 3.79. The van der Waals surface area contributed by atoms with Gasteiger partial charge in [-0.25, -0.2) is 22.1 Å². The summed E-state index contributed by atoms with van der Waals surface area (Å²) in [5.74, 6) is 0.579. The van der Waals surface area contributed by atoms with Gasteiger partial charge in [0.15, 0.2) is 0 Å². The van der Waals surface area contributed by atoms with Crippen molar-refractivity contribution in [3.63, 3.8) is 0 Å². The Bertz CT molecular complexity index is 1160. The SMILES string of the molecule is CCCn1c(CN(C)Cc2cc(Br)ccc2F)nc2cc(S(=O)(=O)N(C)C)ccc21. The molecule has 1 heterocycles. The number of hydrogen-bond donors (Lipinski definition) is 0. The van der Waals surface area contributed by atoms with Crippen LogP contribution in [0.3, 0.4) is 0 Å². The summed E-state index contributed by atoms with van der Waals surface area (Å²) in [5, 5.41) is 0. The van der Waals surface area contributed by atoms with Crippen LogP contribution < -0.4 is 0 Å². The summed E-state index contributed by atoms with van der Waals surface area (Å²) in [6, 6.07) is 9.96. The molecule has 2 aromatic carbocycles. The van der Waals surface area contributed by atoms with Crippen LogP contribution in [0.1, 0.15) is 24.7 Å². The number of aryl methyl sites for hydroxylation is 1. The fourth-order valence-corrected chi connectivity index (χ4v) is 4.71. The van der Waals surface area contributed by atoms with E-state index in [1.165, 1.54) is 24.5 Å². The number of sulfonamides is 1. The van der Waals surface area contributed by atoms with Gasteiger partial charge in [-0.2, -0.15) is 0 Å². The highest BCUT2D eigenvalue weighted by molar-refractivity contribution is 9.10. The molecular formula is C21H26BrFN4O2S. The van der Waals surface area contributed by atoms with Gasteiger partial charge in [0.1, 0.15) is 11.6 Å². The van der Waals surface area contributed by atoms with E-state index in [4.69, 9.17) is 4.98 Å². The van der Waals surface area contributed by atoms with Crippen molar-refractivity contribution in [3.8, 4) is 0 Å². The van der Waals surface area contributed by atoms with Crippen molar-refractivity contribution in [1.82, 2.24) is 18.8 Å². The molecule has 0 aliphatic heterocycles. The van der Waals surface area contributed by atoms with Gasteiger partial charge in [-0.1, -0.05) is 22.9 Å².